The van der Waals surface area contributed by atoms with Crippen molar-refractivity contribution in [3.8, 4) is 40.1 Å². The van der Waals surface area contributed by atoms with Crippen LogP contribution in [0.4, 0.5) is 0 Å². The van der Waals surface area contributed by atoms with Crippen LogP contribution in [0, 0.1) is 0 Å². The first kappa shape index (κ1) is 30.7. The summed E-state index contributed by atoms with van der Waals surface area (Å²) in [5.41, 5.74) is -1.11. The van der Waals surface area contributed by atoms with Gasteiger partial charge in [0.05, 0.1) is 20.3 Å². The van der Waals surface area contributed by atoms with E-state index in [0.29, 0.717) is 0 Å². The van der Waals surface area contributed by atoms with E-state index < -0.39 is 90.0 Å². The first-order chi connectivity index (χ1) is 20.4. The normalized spacial score (nSPS) is 31.2. The Labute approximate surface area is 241 Å². The summed E-state index contributed by atoms with van der Waals surface area (Å²) in [5, 5.41) is 91.3. The lowest BCUT2D eigenvalue weighted by atomic mass is 9.99. The molecule has 0 bridgehead atoms. The molecule has 2 aliphatic heterocycles. The summed E-state index contributed by atoms with van der Waals surface area (Å²) in [5.74, 6) is -2.27. The zero-order chi connectivity index (χ0) is 31.2. The highest BCUT2D eigenvalue weighted by atomic mass is 16.7. The molecule has 5 rings (SSSR count). The number of aliphatic hydroxyl groups excluding tert-OH is 6. The Hall–Kier alpha value is -3.71. The molecule has 1 aromatic heterocycles. The van der Waals surface area contributed by atoms with Gasteiger partial charge in [-0.15, -0.1) is 0 Å². The summed E-state index contributed by atoms with van der Waals surface area (Å²) in [6.45, 7) is -0.943. The van der Waals surface area contributed by atoms with Crippen molar-refractivity contribution in [2.24, 2.45) is 0 Å². The van der Waals surface area contributed by atoms with Crippen LogP contribution in [-0.4, -0.2) is 122 Å². The predicted molar refractivity (Wildman–Crippen MR) is 140 cm³/mol. The second kappa shape index (κ2) is 12.1. The van der Waals surface area contributed by atoms with E-state index in [1.807, 2.05) is 0 Å². The van der Waals surface area contributed by atoms with Gasteiger partial charge in [-0.25, -0.2) is 0 Å². The third-order valence-electron chi connectivity index (χ3n) is 7.14. The Morgan fingerprint density at radius 1 is 0.860 bits per heavy atom. The monoisotopic (exact) mass is 610 g/mol. The number of phenolic OH excluding ortho intramolecular Hbond substituents is 3. The van der Waals surface area contributed by atoms with Crippen LogP contribution in [0.2, 0.25) is 0 Å². The van der Waals surface area contributed by atoms with Crippen molar-refractivity contribution in [1.29, 1.82) is 0 Å². The SMILES string of the molecule is COc1cc(-c2oc3cc(O)cc(O)c3c(=O)c2O[C@@H]2OC(CO[C@@H]3OC[C@@H](O)[C@H](O)C3O)[C@@H](O)C(O)C2O)ccc1O. The zero-order valence-corrected chi connectivity index (χ0v) is 22.4. The maximum atomic E-state index is 13.6. The molecule has 2 saturated heterocycles. The van der Waals surface area contributed by atoms with Gasteiger partial charge in [-0.05, 0) is 18.2 Å². The van der Waals surface area contributed by atoms with E-state index in [1.54, 1.807) is 0 Å². The number of aromatic hydroxyl groups is 3. The van der Waals surface area contributed by atoms with Crippen molar-refractivity contribution < 1.29 is 74.1 Å². The highest BCUT2D eigenvalue weighted by Crippen LogP contribution is 2.39. The molecule has 0 saturated carbocycles. The van der Waals surface area contributed by atoms with Gasteiger partial charge in [0.25, 0.3) is 0 Å². The highest BCUT2D eigenvalue weighted by molar-refractivity contribution is 5.88. The zero-order valence-electron chi connectivity index (χ0n) is 22.4. The van der Waals surface area contributed by atoms with Gasteiger partial charge in [0, 0.05) is 17.7 Å². The van der Waals surface area contributed by atoms with Gasteiger partial charge in [-0.1, -0.05) is 0 Å². The third-order valence-corrected chi connectivity index (χ3v) is 7.14. The molecule has 0 aliphatic carbocycles. The lowest BCUT2D eigenvalue weighted by molar-refractivity contribution is -0.307. The second-order valence-electron chi connectivity index (χ2n) is 10.0. The van der Waals surface area contributed by atoms with Crippen LogP contribution >= 0.6 is 0 Å². The molecular weight excluding hydrogens is 580 g/mol. The smallest absolute Gasteiger partial charge is 0.239 e. The van der Waals surface area contributed by atoms with Crippen LogP contribution in [0.5, 0.6) is 28.7 Å². The van der Waals surface area contributed by atoms with Crippen LogP contribution in [0.3, 0.4) is 0 Å². The topological polar surface area (TPSA) is 258 Å². The van der Waals surface area contributed by atoms with Crippen LogP contribution in [0.1, 0.15) is 0 Å². The number of aliphatic hydroxyl groups is 6. The van der Waals surface area contributed by atoms with E-state index in [4.69, 9.17) is 28.1 Å². The van der Waals surface area contributed by atoms with E-state index in [2.05, 4.69) is 0 Å². The van der Waals surface area contributed by atoms with Crippen LogP contribution in [0.25, 0.3) is 22.3 Å². The third kappa shape index (κ3) is 5.79. The molecule has 9 N–H and O–H groups in total. The first-order valence-electron chi connectivity index (χ1n) is 12.9. The van der Waals surface area contributed by atoms with Crippen molar-refractivity contribution in [1.82, 2.24) is 0 Å². The van der Waals surface area contributed by atoms with Crippen LogP contribution in [-0.2, 0) is 14.2 Å². The number of phenols is 3. The quantitative estimate of drug-likeness (QED) is 0.143. The number of fused-ring (bicyclic) bond motifs is 1. The molecule has 234 valence electrons. The molecule has 0 spiro atoms. The number of benzene rings is 2. The van der Waals surface area contributed by atoms with Gasteiger partial charge in [-0.2, -0.15) is 0 Å². The average molecular weight is 611 g/mol. The Morgan fingerprint density at radius 2 is 1.58 bits per heavy atom. The minimum Gasteiger partial charge on any atom is -0.508 e. The van der Waals surface area contributed by atoms with Crippen LogP contribution in [0.15, 0.2) is 39.5 Å². The van der Waals surface area contributed by atoms with Gasteiger partial charge in [0.15, 0.2) is 23.5 Å². The molecule has 3 aromatic rings. The molecule has 0 radical (unpaired) electrons. The van der Waals surface area contributed by atoms with Crippen LogP contribution < -0.4 is 14.9 Å². The fourth-order valence-electron chi connectivity index (χ4n) is 4.77. The Kier molecular flexibility index (Phi) is 8.66. The van der Waals surface area contributed by atoms with E-state index in [0.717, 1.165) is 12.1 Å². The minimum atomic E-state index is -1.94. The largest absolute Gasteiger partial charge is 0.508 e. The second-order valence-corrected chi connectivity index (χ2v) is 10.0. The predicted octanol–water partition coefficient (Wildman–Crippen LogP) is -1.77. The van der Waals surface area contributed by atoms with Crippen molar-refractivity contribution in [2.45, 2.75) is 55.3 Å². The van der Waals surface area contributed by atoms with Gasteiger partial charge < -0.3 is 74.1 Å². The fraction of sp³-hybridized carbons (Fsp3) is 0.444. The van der Waals surface area contributed by atoms with Crippen molar-refractivity contribution in [3.63, 3.8) is 0 Å². The summed E-state index contributed by atoms with van der Waals surface area (Å²) in [6, 6.07) is 5.83. The number of methoxy groups -OCH3 is 1. The lowest BCUT2D eigenvalue weighted by Gasteiger charge is -2.41. The van der Waals surface area contributed by atoms with E-state index in [9.17, 15) is 50.8 Å². The maximum Gasteiger partial charge on any atom is 0.239 e. The number of hydrogen-bond donors (Lipinski definition) is 9. The number of ether oxygens (including phenoxy) is 5. The maximum absolute atomic E-state index is 13.6. The van der Waals surface area contributed by atoms with E-state index in [-0.39, 0.29) is 35.0 Å². The van der Waals surface area contributed by atoms with Crippen molar-refractivity contribution >= 4 is 11.0 Å². The molecular formula is C27H30O16. The molecule has 16 nitrogen and oxygen atoms in total. The number of rotatable bonds is 7. The van der Waals surface area contributed by atoms with Gasteiger partial charge >= 0.3 is 0 Å². The molecule has 16 heteroatoms. The first-order valence-corrected chi connectivity index (χ1v) is 12.9. The summed E-state index contributed by atoms with van der Waals surface area (Å²) >= 11 is 0. The molecule has 4 unspecified atom stereocenters. The summed E-state index contributed by atoms with van der Waals surface area (Å²) < 4.78 is 32.9. The minimum absolute atomic E-state index is 0.0144. The molecule has 43 heavy (non-hydrogen) atoms. The summed E-state index contributed by atoms with van der Waals surface area (Å²) in [7, 11) is 1.28. The number of hydrogen-bond acceptors (Lipinski definition) is 16. The Bertz CT molecular complexity index is 1520. The average Bonchev–Trinajstić information content (AvgIpc) is 2.97. The lowest BCUT2D eigenvalue weighted by Crippen LogP contribution is -2.61. The van der Waals surface area contributed by atoms with E-state index in [1.165, 1.54) is 25.3 Å². The van der Waals surface area contributed by atoms with Gasteiger partial charge in [0.1, 0.15) is 65.2 Å². The molecule has 2 aromatic carbocycles. The molecule has 9 atom stereocenters. The molecule has 0 amide bonds. The van der Waals surface area contributed by atoms with Gasteiger partial charge in [0.2, 0.25) is 17.5 Å². The Balaban J connectivity index is 1.49. The molecule has 2 aliphatic rings. The highest BCUT2D eigenvalue weighted by Gasteiger charge is 2.47. The Morgan fingerprint density at radius 3 is 2.30 bits per heavy atom. The van der Waals surface area contributed by atoms with E-state index >= 15 is 0 Å². The standard InChI is InChI=1S/C27H30O16/c1-38-14-4-9(2-3-11(14)29)24-25(20(34)17-12(30)5-10(28)6-15(17)41-24)43-27-23(37)21(35)19(33)16(42-27)8-40-26-22(36)18(32)13(31)7-39-26/h2-6,13,16,18-19,21-23,26-33,35-37H,7-8H2,1H3/t13-,16?,18+,19-,21?,22?,23?,26+,27+/m1/s1. The fourth-order valence-corrected chi connectivity index (χ4v) is 4.77. The summed E-state index contributed by atoms with van der Waals surface area (Å²) in [4.78, 5) is 13.6. The molecule has 2 fully saturated rings. The van der Waals surface area contributed by atoms with Gasteiger partial charge in [-0.3, -0.25) is 4.79 Å². The van der Waals surface area contributed by atoms with Crippen molar-refractivity contribution in [2.75, 3.05) is 20.3 Å². The van der Waals surface area contributed by atoms with Crippen molar-refractivity contribution in [3.05, 3.63) is 40.6 Å². The molecule has 3 heterocycles. The summed E-state index contributed by atoms with van der Waals surface area (Å²) in [6.07, 6.45) is -14.9.